The van der Waals surface area contributed by atoms with Crippen molar-refractivity contribution in [3.63, 3.8) is 0 Å². The lowest BCUT2D eigenvalue weighted by atomic mass is 9.79. The van der Waals surface area contributed by atoms with E-state index in [4.69, 9.17) is 5.73 Å². The fourth-order valence-electron chi connectivity index (χ4n) is 2.41. The minimum absolute atomic E-state index is 0.822. The van der Waals surface area contributed by atoms with Crippen molar-refractivity contribution in [3.05, 3.63) is 0 Å². The zero-order valence-electron chi connectivity index (χ0n) is 6.60. The second-order valence-corrected chi connectivity index (χ2v) is 4.20. The first-order valence-electron chi connectivity index (χ1n) is 4.55. The molecule has 1 nitrogen and oxygen atoms in total. The Hall–Kier alpha value is -0.0400. The van der Waals surface area contributed by atoms with Gasteiger partial charge in [0.15, 0.2) is 0 Å². The fourth-order valence-corrected chi connectivity index (χ4v) is 2.41. The highest BCUT2D eigenvalue weighted by molar-refractivity contribution is 4.97. The van der Waals surface area contributed by atoms with Crippen molar-refractivity contribution in [1.29, 1.82) is 0 Å². The van der Waals surface area contributed by atoms with Crippen LogP contribution in [0.1, 0.15) is 38.5 Å². The second-order valence-electron chi connectivity index (χ2n) is 4.20. The molecule has 1 atom stereocenters. The van der Waals surface area contributed by atoms with Crippen LogP contribution in [0, 0.1) is 11.3 Å². The van der Waals surface area contributed by atoms with Crippen molar-refractivity contribution in [1.82, 2.24) is 0 Å². The molecule has 0 amide bonds. The molecule has 2 aliphatic carbocycles. The molecule has 0 aromatic heterocycles. The van der Waals surface area contributed by atoms with Crippen molar-refractivity contribution in [2.45, 2.75) is 38.5 Å². The van der Waals surface area contributed by atoms with Gasteiger partial charge in [-0.15, -0.1) is 0 Å². The van der Waals surface area contributed by atoms with Gasteiger partial charge >= 0.3 is 0 Å². The van der Waals surface area contributed by atoms with E-state index < -0.39 is 0 Å². The highest BCUT2D eigenvalue weighted by atomic mass is 14.6. The predicted molar refractivity (Wildman–Crippen MR) is 42.7 cm³/mol. The van der Waals surface area contributed by atoms with Crippen molar-refractivity contribution >= 4 is 0 Å². The maximum absolute atomic E-state index is 5.65. The maximum Gasteiger partial charge on any atom is -0.00487 e. The Bertz CT molecular complexity index is 127. The summed E-state index contributed by atoms with van der Waals surface area (Å²) >= 11 is 0. The van der Waals surface area contributed by atoms with Gasteiger partial charge in [-0.2, -0.15) is 0 Å². The summed E-state index contributed by atoms with van der Waals surface area (Å²) in [4.78, 5) is 0. The Morgan fingerprint density at radius 1 is 1.30 bits per heavy atom. The van der Waals surface area contributed by atoms with Gasteiger partial charge in [-0.3, -0.25) is 0 Å². The van der Waals surface area contributed by atoms with Crippen LogP contribution < -0.4 is 5.73 Å². The lowest BCUT2D eigenvalue weighted by molar-refractivity contribution is 0.253. The molecule has 58 valence electrons. The van der Waals surface area contributed by atoms with E-state index in [-0.39, 0.29) is 0 Å². The largest absolute Gasteiger partial charge is 0.330 e. The molecule has 0 heterocycles. The van der Waals surface area contributed by atoms with Crippen molar-refractivity contribution in [2.75, 3.05) is 6.54 Å². The number of rotatable bonds is 1. The molecule has 1 unspecified atom stereocenters. The van der Waals surface area contributed by atoms with E-state index in [0.717, 1.165) is 17.9 Å². The zero-order valence-corrected chi connectivity index (χ0v) is 6.60. The van der Waals surface area contributed by atoms with E-state index in [1.807, 2.05) is 0 Å². The van der Waals surface area contributed by atoms with Crippen LogP contribution in [0.5, 0.6) is 0 Å². The molecule has 1 heteroatoms. The summed E-state index contributed by atoms with van der Waals surface area (Å²) in [6.45, 7) is 0.932. The highest BCUT2D eigenvalue weighted by Crippen LogP contribution is 2.57. The van der Waals surface area contributed by atoms with Gasteiger partial charge in [0.1, 0.15) is 0 Å². The summed E-state index contributed by atoms with van der Waals surface area (Å²) in [6.07, 6.45) is 8.81. The number of hydrogen-bond donors (Lipinski definition) is 1. The van der Waals surface area contributed by atoms with Crippen LogP contribution >= 0.6 is 0 Å². The van der Waals surface area contributed by atoms with Crippen LogP contribution in [0.3, 0.4) is 0 Å². The Balaban J connectivity index is 1.91. The molecule has 0 saturated heterocycles. The lowest BCUT2D eigenvalue weighted by Gasteiger charge is -2.27. The minimum Gasteiger partial charge on any atom is -0.330 e. The maximum atomic E-state index is 5.65. The summed E-state index contributed by atoms with van der Waals surface area (Å²) < 4.78 is 0. The summed E-state index contributed by atoms with van der Waals surface area (Å²) in [7, 11) is 0. The lowest BCUT2D eigenvalue weighted by Crippen LogP contribution is -2.23. The second kappa shape index (κ2) is 2.23. The van der Waals surface area contributed by atoms with Gasteiger partial charge in [0.2, 0.25) is 0 Å². The van der Waals surface area contributed by atoms with Crippen molar-refractivity contribution in [3.8, 4) is 0 Å². The molecule has 2 fully saturated rings. The van der Waals surface area contributed by atoms with Crippen LogP contribution in [-0.2, 0) is 0 Å². The van der Waals surface area contributed by atoms with E-state index in [9.17, 15) is 0 Å². The normalized spacial score (nSPS) is 36.3. The van der Waals surface area contributed by atoms with Crippen LogP contribution in [0.25, 0.3) is 0 Å². The monoisotopic (exact) mass is 139 g/mol. The third-order valence-electron chi connectivity index (χ3n) is 3.33. The molecule has 0 aromatic rings. The Morgan fingerprint density at radius 2 is 2.10 bits per heavy atom. The molecule has 0 radical (unpaired) electrons. The molecular formula is C9H17N. The van der Waals surface area contributed by atoms with E-state index in [2.05, 4.69) is 0 Å². The molecular weight excluding hydrogens is 122 g/mol. The molecule has 10 heavy (non-hydrogen) atoms. The highest BCUT2D eigenvalue weighted by Gasteiger charge is 2.45. The average molecular weight is 139 g/mol. The first-order valence-corrected chi connectivity index (χ1v) is 4.55. The van der Waals surface area contributed by atoms with Crippen LogP contribution in [0.4, 0.5) is 0 Å². The van der Waals surface area contributed by atoms with Crippen molar-refractivity contribution < 1.29 is 0 Å². The molecule has 2 N–H and O–H groups in total. The minimum atomic E-state index is 0.822. The summed E-state index contributed by atoms with van der Waals surface area (Å²) in [6, 6.07) is 0. The quantitative estimate of drug-likeness (QED) is 0.590. The van der Waals surface area contributed by atoms with E-state index in [0.29, 0.717) is 0 Å². The molecule has 2 aliphatic rings. The van der Waals surface area contributed by atoms with Gasteiger partial charge < -0.3 is 5.73 Å². The molecule has 2 rings (SSSR count). The molecule has 1 spiro atoms. The summed E-state index contributed by atoms with van der Waals surface area (Å²) in [5.41, 5.74) is 6.47. The first-order chi connectivity index (χ1) is 4.85. The van der Waals surface area contributed by atoms with Crippen LogP contribution in [0.15, 0.2) is 0 Å². The molecule has 0 aliphatic heterocycles. The van der Waals surface area contributed by atoms with Crippen LogP contribution in [-0.4, -0.2) is 6.54 Å². The summed E-state index contributed by atoms with van der Waals surface area (Å²) in [5.74, 6) is 0.872. The fraction of sp³-hybridized carbons (Fsp3) is 1.00. The average Bonchev–Trinajstić information content (AvgIpc) is 2.70. The third kappa shape index (κ3) is 1.07. The van der Waals surface area contributed by atoms with Gasteiger partial charge in [-0.05, 0) is 50.0 Å². The van der Waals surface area contributed by atoms with Gasteiger partial charge in [0.25, 0.3) is 0 Å². The number of nitrogens with two attached hydrogens (primary N) is 1. The van der Waals surface area contributed by atoms with Gasteiger partial charge in [0.05, 0.1) is 0 Å². The Kier molecular flexibility index (Phi) is 1.48. The SMILES string of the molecule is NCC1CCCC2(CC2)C1. The summed E-state index contributed by atoms with van der Waals surface area (Å²) in [5, 5.41) is 0. The Labute approximate surface area is 63.0 Å². The molecule has 0 bridgehead atoms. The number of hydrogen-bond acceptors (Lipinski definition) is 1. The van der Waals surface area contributed by atoms with Gasteiger partial charge in [-0.25, -0.2) is 0 Å². The van der Waals surface area contributed by atoms with E-state index in [1.54, 1.807) is 0 Å². The first kappa shape index (κ1) is 6.66. The standard InChI is InChI=1S/C9H17N/c10-7-8-2-1-3-9(6-8)4-5-9/h8H,1-7,10H2. The zero-order chi connectivity index (χ0) is 7.03. The van der Waals surface area contributed by atoms with Crippen molar-refractivity contribution in [2.24, 2.45) is 17.1 Å². The van der Waals surface area contributed by atoms with Crippen LogP contribution in [0.2, 0.25) is 0 Å². The third-order valence-corrected chi connectivity index (χ3v) is 3.33. The van der Waals surface area contributed by atoms with Gasteiger partial charge in [-0.1, -0.05) is 6.42 Å². The van der Waals surface area contributed by atoms with Gasteiger partial charge in [0, 0.05) is 0 Å². The Morgan fingerprint density at radius 3 is 2.70 bits per heavy atom. The van der Waals surface area contributed by atoms with E-state index >= 15 is 0 Å². The molecule has 0 aromatic carbocycles. The van der Waals surface area contributed by atoms with E-state index in [1.165, 1.54) is 38.5 Å². The molecule has 2 saturated carbocycles. The smallest absolute Gasteiger partial charge is 0.00487 e. The topological polar surface area (TPSA) is 26.0 Å². The predicted octanol–water partition coefficient (Wildman–Crippen LogP) is 1.92.